The van der Waals surface area contributed by atoms with Gasteiger partial charge in [-0.2, -0.15) is 0 Å². The number of hydrogen-bond acceptors (Lipinski definition) is 1. The van der Waals surface area contributed by atoms with Crippen LogP contribution in [0.25, 0.3) is 0 Å². The van der Waals surface area contributed by atoms with Gasteiger partial charge in [0.25, 0.3) is 0 Å². The first-order chi connectivity index (χ1) is 6.93. The summed E-state index contributed by atoms with van der Waals surface area (Å²) < 4.78 is 0. The summed E-state index contributed by atoms with van der Waals surface area (Å²) in [5.41, 5.74) is 0.701. The maximum atomic E-state index is 11.3. The van der Waals surface area contributed by atoms with Crippen molar-refractivity contribution in [2.75, 3.05) is 0 Å². The largest absolute Gasteiger partial charge is 0.481 e. The van der Waals surface area contributed by atoms with Crippen molar-refractivity contribution in [2.45, 2.75) is 34.1 Å². The molecule has 0 radical (unpaired) electrons. The second-order valence-corrected chi connectivity index (χ2v) is 4.72. The molecule has 1 aliphatic rings. The van der Waals surface area contributed by atoms with E-state index in [1.54, 1.807) is 0 Å². The van der Waals surface area contributed by atoms with Crippen molar-refractivity contribution >= 4 is 5.97 Å². The van der Waals surface area contributed by atoms with Crippen LogP contribution in [-0.2, 0) is 4.79 Å². The maximum Gasteiger partial charge on any atom is 0.311 e. The van der Waals surface area contributed by atoms with E-state index in [0.717, 1.165) is 12.0 Å². The molecule has 2 heteroatoms. The number of carboxylic acid groups (broad SMARTS) is 1. The van der Waals surface area contributed by atoms with E-state index < -0.39 is 5.97 Å². The summed E-state index contributed by atoms with van der Waals surface area (Å²) in [7, 11) is 0. The highest BCUT2D eigenvalue weighted by atomic mass is 16.4. The molecule has 0 bridgehead atoms. The molecule has 0 aromatic carbocycles. The third-order valence-corrected chi connectivity index (χ3v) is 3.81. The first-order valence-corrected chi connectivity index (χ1v) is 5.52. The average molecular weight is 208 g/mol. The molecule has 0 fully saturated rings. The summed E-state index contributed by atoms with van der Waals surface area (Å²) in [5, 5.41) is 9.31. The lowest BCUT2D eigenvalue weighted by Crippen LogP contribution is -2.39. The van der Waals surface area contributed by atoms with E-state index in [1.807, 2.05) is 32.1 Å². The van der Waals surface area contributed by atoms with Crippen molar-refractivity contribution in [3.63, 3.8) is 0 Å². The molecule has 0 aliphatic heterocycles. The average Bonchev–Trinajstić information content (AvgIpc) is 2.15. The van der Waals surface area contributed by atoms with Crippen LogP contribution in [0.5, 0.6) is 0 Å². The van der Waals surface area contributed by atoms with E-state index in [-0.39, 0.29) is 11.3 Å². The third kappa shape index (κ3) is 1.99. The number of hydrogen-bond donors (Lipinski definition) is 1. The molecule has 0 spiro atoms. The fourth-order valence-electron chi connectivity index (χ4n) is 2.44. The van der Waals surface area contributed by atoms with Crippen molar-refractivity contribution in [2.24, 2.45) is 17.3 Å². The molecule has 0 saturated heterocycles. The van der Waals surface area contributed by atoms with Gasteiger partial charge in [-0.25, -0.2) is 0 Å². The molecule has 84 valence electrons. The summed E-state index contributed by atoms with van der Waals surface area (Å²) in [5.74, 6) is -0.716. The minimum Gasteiger partial charge on any atom is -0.481 e. The summed E-state index contributed by atoms with van der Waals surface area (Å²) in [4.78, 5) is 11.3. The number of carbonyl (C=O) groups is 1. The number of rotatable bonds is 3. The van der Waals surface area contributed by atoms with Crippen LogP contribution in [0.15, 0.2) is 23.8 Å². The molecule has 2 nitrogen and oxygen atoms in total. The quantitative estimate of drug-likeness (QED) is 0.773. The second kappa shape index (κ2) is 4.21. The lowest BCUT2D eigenvalue weighted by atomic mass is 9.63. The topological polar surface area (TPSA) is 37.3 Å². The zero-order valence-electron chi connectivity index (χ0n) is 9.95. The highest BCUT2D eigenvalue weighted by Gasteiger charge is 2.42. The van der Waals surface area contributed by atoms with Crippen LogP contribution in [0.4, 0.5) is 0 Å². The number of carboxylic acids is 1. The minimum absolute atomic E-state index is 0.251. The Balaban J connectivity index is 3.12. The number of aliphatic carboxylic acids is 1. The van der Waals surface area contributed by atoms with E-state index in [0.29, 0.717) is 5.92 Å². The fraction of sp³-hybridized carbons (Fsp3) is 0.615. The SMILES string of the molecule is CCC(C)C1(C)C=CC=C(C)C1C(=O)O. The van der Waals surface area contributed by atoms with Gasteiger partial charge in [0.15, 0.2) is 0 Å². The maximum absolute atomic E-state index is 11.3. The minimum atomic E-state index is -0.712. The first-order valence-electron chi connectivity index (χ1n) is 5.52. The molecule has 1 aliphatic carbocycles. The van der Waals surface area contributed by atoms with Crippen molar-refractivity contribution in [3.8, 4) is 0 Å². The van der Waals surface area contributed by atoms with Gasteiger partial charge in [0.05, 0.1) is 5.92 Å². The van der Waals surface area contributed by atoms with Gasteiger partial charge in [-0.15, -0.1) is 0 Å². The lowest BCUT2D eigenvalue weighted by molar-refractivity contribution is -0.144. The van der Waals surface area contributed by atoms with Gasteiger partial charge in [0, 0.05) is 5.41 Å². The zero-order valence-corrected chi connectivity index (χ0v) is 9.95. The molecule has 0 aromatic rings. The zero-order chi connectivity index (χ0) is 11.6. The van der Waals surface area contributed by atoms with Gasteiger partial charge in [-0.3, -0.25) is 4.79 Å². The van der Waals surface area contributed by atoms with Gasteiger partial charge in [0.2, 0.25) is 0 Å². The Morgan fingerprint density at radius 2 is 2.27 bits per heavy atom. The molecular formula is C13H20O2. The van der Waals surface area contributed by atoms with Crippen LogP contribution in [0.3, 0.4) is 0 Å². The van der Waals surface area contributed by atoms with E-state index in [2.05, 4.69) is 13.8 Å². The lowest BCUT2D eigenvalue weighted by Gasteiger charge is -2.40. The molecule has 0 amide bonds. The Morgan fingerprint density at radius 3 is 2.73 bits per heavy atom. The Hall–Kier alpha value is -1.05. The second-order valence-electron chi connectivity index (χ2n) is 4.72. The molecule has 15 heavy (non-hydrogen) atoms. The van der Waals surface area contributed by atoms with E-state index in [9.17, 15) is 9.90 Å². The standard InChI is InChI=1S/C13H20O2/c1-5-10(3)13(4)8-6-7-9(2)11(13)12(14)15/h6-8,10-11H,5H2,1-4H3,(H,14,15). The monoisotopic (exact) mass is 208 g/mol. The molecule has 0 heterocycles. The first kappa shape index (κ1) is 12.0. The van der Waals surface area contributed by atoms with Gasteiger partial charge in [-0.1, -0.05) is 51.0 Å². The van der Waals surface area contributed by atoms with Crippen LogP contribution in [0.2, 0.25) is 0 Å². The van der Waals surface area contributed by atoms with Crippen molar-refractivity contribution in [3.05, 3.63) is 23.8 Å². The smallest absolute Gasteiger partial charge is 0.311 e. The summed E-state index contributed by atoms with van der Waals surface area (Å²) in [6, 6.07) is 0. The van der Waals surface area contributed by atoms with Crippen LogP contribution in [0.1, 0.15) is 34.1 Å². The van der Waals surface area contributed by atoms with Gasteiger partial charge in [-0.05, 0) is 12.8 Å². The van der Waals surface area contributed by atoms with Gasteiger partial charge in [0.1, 0.15) is 0 Å². The van der Waals surface area contributed by atoms with Crippen LogP contribution in [0, 0.1) is 17.3 Å². The van der Waals surface area contributed by atoms with Gasteiger partial charge < -0.3 is 5.11 Å². The van der Waals surface area contributed by atoms with Crippen molar-refractivity contribution < 1.29 is 9.90 Å². The van der Waals surface area contributed by atoms with Crippen molar-refractivity contribution in [1.29, 1.82) is 0 Å². The van der Waals surface area contributed by atoms with E-state index in [4.69, 9.17) is 0 Å². The van der Waals surface area contributed by atoms with Crippen LogP contribution < -0.4 is 0 Å². The number of allylic oxidation sites excluding steroid dienone is 3. The summed E-state index contributed by atoms with van der Waals surface area (Å²) >= 11 is 0. The van der Waals surface area contributed by atoms with E-state index >= 15 is 0 Å². The Bertz CT molecular complexity index is 314. The normalized spacial score (nSPS) is 32.3. The molecule has 0 saturated carbocycles. The Morgan fingerprint density at radius 1 is 1.67 bits per heavy atom. The highest BCUT2D eigenvalue weighted by molar-refractivity contribution is 5.75. The van der Waals surface area contributed by atoms with Crippen LogP contribution >= 0.6 is 0 Å². The summed E-state index contributed by atoms with van der Waals surface area (Å²) in [6.45, 7) is 8.19. The molecule has 3 atom stereocenters. The summed E-state index contributed by atoms with van der Waals surface area (Å²) in [6.07, 6.45) is 6.94. The highest BCUT2D eigenvalue weighted by Crippen LogP contribution is 2.44. The molecular weight excluding hydrogens is 188 g/mol. The predicted molar refractivity (Wildman–Crippen MR) is 61.6 cm³/mol. The molecule has 0 aromatic heterocycles. The Kier molecular flexibility index (Phi) is 3.38. The molecule has 1 N–H and O–H groups in total. The van der Waals surface area contributed by atoms with Crippen LogP contribution in [-0.4, -0.2) is 11.1 Å². The molecule has 3 unspecified atom stereocenters. The van der Waals surface area contributed by atoms with E-state index in [1.165, 1.54) is 0 Å². The third-order valence-electron chi connectivity index (χ3n) is 3.81. The molecule has 1 rings (SSSR count). The Labute approximate surface area is 91.7 Å². The van der Waals surface area contributed by atoms with Gasteiger partial charge >= 0.3 is 5.97 Å². The van der Waals surface area contributed by atoms with Crippen molar-refractivity contribution in [1.82, 2.24) is 0 Å². The predicted octanol–water partition coefficient (Wildman–Crippen LogP) is 3.26. The fourth-order valence-corrected chi connectivity index (χ4v) is 2.44.